The summed E-state index contributed by atoms with van der Waals surface area (Å²) in [5.74, 6) is -0.0319. The lowest BCUT2D eigenvalue weighted by atomic mass is 9.80. The fourth-order valence-electron chi connectivity index (χ4n) is 3.89. The first-order valence-corrected chi connectivity index (χ1v) is 8.26. The Morgan fingerprint density at radius 1 is 1.12 bits per heavy atom. The zero-order valence-electron chi connectivity index (χ0n) is 13.3. The Labute approximate surface area is 143 Å². The van der Waals surface area contributed by atoms with Crippen molar-refractivity contribution in [2.75, 3.05) is 11.9 Å². The summed E-state index contributed by atoms with van der Waals surface area (Å²) in [4.78, 5) is 0. The number of aliphatic hydroxyl groups excluding tert-OH is 1. The van der Waals surface area contributed by atoms with Crippen molar-refractivity contribution in [1.29, 1.82) is 0 Å². The Morgan fingerprint density at radius 3 is 2.56 bits per heavy atom. The molecule has 0 spiro atoms. The van der Waals surface area contributed by atoms with Crippen LogP contribution in [0.4, 0.5) is 18.9 Å². The standard InChI is InChI=1S/C19H18F3NO2/c20-19(21,22)12-6-7-16-14(8-12)18-15(9-13(10-24)25-18)17(23-16)11-4-2-1-3-5-11/h1-8,13,15,17-18,23-24H,9-10H2. The summed E-state index contributed by atoms with van der Waals surface area (Å²) < 4.78 is 45.2. The number of hydrogen-bond acceptors (Lipinski definition) is 3. The van der Waals surface area contributed by atoms with Crippen molar-refractivity contribution < 1.29 is 23.0 Å². The fourth-order valence-corrected chi connectivity index (χ4v) is 3.89. The Bertz CT molecular complexity index is 763. The second-order valence-corrected chi connectivity index (χ2v) is 6.59. The van der Waals surface area contributed by atoms with Gasteiger partial charge in [-0.2, -0.15) is 13.2 Å². The van der Waals surface area contributed by atoms with E-state index in [1.807, 2.05) is 30.3 Å². The predicted molar refractivity (Wildman–Crippen MR) is 87.1 cm³/mol. The normalized spacial score (nSPS) is 28.2. The Kier molecular flexibility index (Phi) is 3.96. The van der Waals surface area contributed by atoms with Crippen LogP contribution in [0, 0.1) is 5.92 Å². The van der Waals surface area contributed by atoms with Gasteiger partial charge < -0.3 is 15.2 Å². The third-order valence-electron chi connectivity index (χ3n) is 5.05. The summed E-state index contributed by atoms with van der Waals surface area (Å²) >= 11 is 0. The number of rotatable bonds is 2. The minimum atomic E-state index is -4.39. The maximum atomic E-state index is 13.1. The molecule has 0 saturated carbocycles. The predicted octanol–water partition coefficient (Wildman–Crippen LogP) is 4.31. The quantitative estimate of drug-likeness (QED) is 0.849. The van der Waals surface area contributed by atoms with Crippen molar-refractivity contribution >= 4 is 5.69 Å². The van der Waals surface area contributed by atoms with Crippen molar-refractivity contribution in [2.24, 2.45) is 5.92 Å². The maximum absolute atomic E-state index is 13.1. The molecule has 2 aliphatic rings. The molecule has 1 fully saturated rings. The average Bonchev–Trinajstić information content (AvgIpc) is 3.05. The van der Waals surface area contributed by atoms with Gasteiger partial charge in [-0.15, -0.1) is 0 Å². The molecule has 0 bridgehead atoms. The van der Waals surface area contributed by atoms with E-state index in [9.17, 15) is 18.3 Å². The number of ether oxygens (including phenoxy) is 1. The number of hydrogen-bond donors (Lipinski definition) is 2. The van der Waals surface area contributed by atoms with Crippen molar-refractivity contribution in [2.45, 2.75) is 30.8 Å². The van der Waals surface area contributed by atoms with Gasteiger partial charge in [0.1, 0.15) is 0 Å². The third-order valence-corrected chi connectivity index (χ3v) is 5.05. The summed E-state index contributed by atoms with van der Waals surface area (Å²) in [5.41, 5.74) is 1.55. The average molecular weight is 349 g/mol. The maximum Gasteiger partial charge on any atom is 0.416 e. The van der Waals surface area contributed by atoms with Crippen LogP contribution in [-0.4, -0.2) is 17.8 Å². The van der Waals surface area contributed by atoms with E-state index in [0.29, 0.717) is 17.7 Å². The Balaban J connectivity index is 1.77. The molecule has 2 N–H and O–H groups in total. The minimum Gasteiger partial charge on any atom is -0.394 e. The largest absolute Gasteiger partial charge is 0.416 e. The number of nitrogens with one attached hydrogen (secondary N) is 1. The van der Waals surface area contributed by atoms with Crippen molar-refractivity contribution in [3.8, 4) is 0 Å². The van der Waals surface area contributed by atoms with Gasteiger partial charge in [0.2, 0.25) is 0 Å². The first-order valence-electron chi connectivity index (χ1n) is 8.26. The number of alkyl halides is 3. The van der Waals surface area contributed by atoms with E-state index in [0.717, 1.165) is 11.6 Å². The molecule has 3 nitrogen and oxygen atoms in total. The highest BCUT2D eigenvalue weighted by atomic mass is 19.4. The van der Waals surface area contributed by atoms with Gasteiger partial charge in [0.15, 0.2) is 0 Å². The summed E-state index contributed by atoms with van der Waals surface area (Å²) in [6, 6.07) is 13.5. The number of fused-ring (bicyclic) bond motifs is 3. The Morgan fingerprint density at radius 2 is 1.88 bits per heavy atom. The zero-order chi connectivity index (χ0) is 17.6. The number of halogens is 3. The first-order chi connectivity index (χ1) is 12.0. The van der Waals surface area contributed by atoms with Crippen molar-refractivity contribution in [3.05, 3.63) is 65.2 Å². The van der Waals surface area contributed by atoms with Gasteiger partial charge in [0, 0.05) is 17.2 Å². The van der Waals surface area contributed by atoms with Crippen molar-refractivity contribution in [3.63, 3.8) is 0 Å². The van der Waals surface area contributed by atoms with Crippen LogP contribution in [0.5, 0.6) is 0 Å². The number of anilines is 1. The molecule has 2 aromatic rings. The lowest BCUT2D eigenvalue weighted by molar-refractivity contribution is -0.137. The fraction of sp³-hybridized carbons (Fsp3) is 0.368. The van der Waals surface area contributed by atoms with Crippen LogP contribution in [0.3, 0.4) is 0 Å². The second-order valence-electron chi connectivity index (χ2n) is 6.59. The molecular weight excluding hydrogens is 331 g/mol. The zero-order valence-corrected chi connectivity index (χ0v) is 13.3. The highest BCUT2D eigenvalue weighted by Crippen LogP contribution is 2.52. The molecule has 6 heteroatoms. The molecule has 0 amide bonds. The van der Waals surface area contributed by atoms with Gasteiger partial charge in [-0.05, 0) is 30.2 Å². The van der Waals surface area contributed by atoms with Crippen LogP contribution >= 0.6 is 0 Å². The molecule has 0 aromatic heterocycles. The summed E-state index contributed by atoms with van der Waals surface area (Å²) in [7, 11) is 0. The Hall–Kier alpha value is -2.05. The van der Waals surface area contributed by atoms with Gasteiger partial charge in [-0.25, -0.2) is 0 Å². The highest BCUT2D eigenvalue weighted by molar-refractivity contribution is 5.59. The van der Waals surface area contributed by atoms with E-state index < -0.39 is 17.8 Å². The summed E-state index contributed by atoms with van der Waals surface area (Å²) in [6.07, 6.45) is -4.61. The van der Waals surface area contributed by atoms with Crippen LogP contribution in [-0.2, 0) is 10.9 Å². The molecule has 4 atom stereocenters. The molecule has 2 aromatic carbocycles. The van der Waals surface area contributed by atoms with Crippen LogP contribution in [0.15, 0.2) is 48.5 Å². The van der Waals surface area contributed by atoms with Gasteiger partial charge in [0.05, 0.1) is 30.4 Å². The third kappa shape index (κ3) is 2.89. The topological polar surface area (TPSA) is 41.5 Å². The second kappa shape index (κ2) is 6.04. The summed E-state index contributed by atoms with van der Waals surface area (Å²) in [5, 5.41) is 12.9. The summed E-state index contributed by atoms with van der Waals surface area (Å²) in [6.45, 7) is -0.136. The molecule has 4 unspecified atom stereocenters. The number of aliphatic hydroxyl groups is 1. The monoisotopic (exact) mass is 349 g/mol. The molecule has 2 aliphatic heterocycles. The van der Waals surface area contributed by atoms with E-state index >= 15 is 0 Å². The van der Waals surface area contributed by atoms with E-state index in [-0.39, 0.29) is 24.7 Å². The van der Waals surface area contributed by atoms with Gasteiger partial charge in [-0.3, -0.25) is 0 Å². The van der Waals surface area contributed by atoms with Crippen LogP contribution in [0.2, 0.25) is 0 Å². The SMILES string of the molecule is OCC1CC2C(c3ccccc3)Nc3ccc(C(F)(F)F)cc3C2O1. The van der Waals surface area contributed by atoms with Crippen LogP contribution in [0.1, 0.15) is 35.3 Å². The minimum absolute atomic E-state index is 0.0319. The van der Waals surface area contributed by atoms with Gasteiger partial charge in [0.25, 0.3) is 0 Å². The number of benzene rings is 2. The van der Waals surface area contributed by atoms with E-state index in [4.69, 9.17) is 4.74 Å². The molecule has 0 aliphatic carbocycles. The van der Waals surface area contributed by atoms with E-state index in [2.05, 4.69) is 5.32 Å². The lowest BCUT2D eigenvalue weighted by Gasteiger charge is -2.36. The van der Waals surface area contributed by atoms with E-state index in [1.165, 1.54) is 12.1 Å². The molecule has 1 saturated heterocycles. The van der Waals surface area contributed by atoms with Crippen LogP contribution in [0.25, 0.3) is 0 Å². The molecule has 25 heavy (non-hydrogen) atoms. The van der Waals surface area contributed by atoms with Crippen molar-refractivity contribution in [1.82, 2.24) is 0 Å². The molecule has 4 rings (SSSR count). The van der Waals surface area contributed by atoms with Crippen LogP contribution < -0.4 is 5.32 Å². The highest BCUT2D eigenvalue weighted by Gasteiger charge is 2.46. The van der Waals surface area contributed by atoms with Gasteiger partial charge >= 0.3 is 6.18 Å². The first kappa shape index (κ1) is 16.4. The van der Waals surface area contributed by atoms with E-state index in [1.54, 1.807) is 0 Å². The molecule has 132 valence electrons. The van der Waals surface area contributed by atoms with Gasteiger partial charge in [-0.1, -0.05) is 30.3 Å². The lowest BCUT2D eigenvalue weighted by Crippen LogP contribution is -2.29. The molecular formula is C19H18F3NO2. The molecule has 0 radical (unpaired) electrons. The molecule has 2 heterocycles. The smallest absolute Gasteiger partial charge is 0.394 e.